The SMILES string of the molecule is CCCNC(=O)N1[C@H](CO)[C@H](c2ccccc2C2=CCCCC2)[C@@H]1C#N. The molecule has 5 nitrogen and oxygen atoms in total. The normalized spacial score (nSPS) is 25.0. The van der Waals surface area contributed by atoms with Crippen LogP contribution in [-0.4, -0.2) is 41.3 Å². The number of aliphatic hydroxyl groups excluding tert-OH is 1. The van der Waals surface area contributed by atoms with Crippen molar-refractivity contribution in [1.29, 1.82) is 5.26 Å². The van der Waals surface area contributed by atoms with Crippen LogP contribution < -0.4 is 5.32 Å². The van der Waals surface area contributed by atoms with Crippen LogP contribution in [0.4, 0.5) is 4.79 Å². The lowest BCUT2D eigenvalue weighted by Crippen LogP contribution is -2.67. The zero-order valence-corrected chi connectivity index (χ0v) is 15.3. The van der Waals surface area contributed by atoms with Crippen molar-refractivity contribution >= 4 is 11.6 Å². The van der Waals surface area contributed by atoms with E-state index in [0.29, 0.717) is 6.54 Å². The Kier molecular flexibility index (Phi) is 5.95. The lowest BCUT2D eigenvalue weighted by molar-refractivity contribution is 0.0168. The Balaban J connectivity index is 1.91. The van der Waals surface area contributed by atoms with Crippen molar-refractivity contribution in [3.8, 4) is 6.07 Å². The van der Waals surface area contributed by atoms with Crippen LogP contribution >= 0.6 is 0 Å². The monoisotopic (exact) mass is 353 g/mol. The second-order valence-corrected chi connectivity index (χ2v) is 7.05. The molecule has 1 aromatic carbocycles. The van der Waals surface area contributed by atoms with Crippen LogP contribution in [0.15, 0.2) is 30.3 Å². The van der Waals surface area contributed by atoms with Crippen molar-refractivity contribution in [3.63, 3.8) is 0 Å². The molecule has 1 aliphatic heterocycles. The summed E-state index contributed by atoms with van der Waals surface area (Å²) < 4.78 is 0. The molecule has 0 spiro atoms. The van der Waals surface area contributed by atoms with Crippen LogP contribution in [0.25, 0.3) is 5.57 Å². The molecule has 26 heavy (non-hydrogen) atoms. The Bertz CT molecular complexity index is 722. The van der Waals surface area contributed by atoms with Gasteiger partial charge in [0.1, 0.15) is 6.04 Å². The second-order valence-electron chi connectivity index (χ2n) is 7.05. The van der Waals surface area contributed by atoms with Crippen LogP contribution in [0.1, 0.15) is 56.1 Å². The minimum Gasteiger partial charge on any atom is -0.394 e. The number of amides is 2. The maximum Gasteiger partial charge on any atom is 0.318 e. The van der Waals surface area contributed by atoms with Crippen molar-refractivity contribution in [3.05, 3.63) is 41.5 Å². The van der Waals surface area contributed by atoms with E-state index in [2.05, 4.69) is 23.5 Å². The summed E-state index contributed by atoms with van der Waals surface area (Å²) in [5, 5.41) is 22.5. The third-order valence-electron chi connectivity index (χ3n) is 5.45. The first-order valence-corrected chi connectivity index (χ1v) is 9.57. The Labute approximate surface area is 155 Å². The van der Waals surface area contributed by atoms with Gasteiger partial charge >= 0.3 is 6.03 Å². The van der Waals surface area contributed by atoms with Gasteiger partial charge in [-0.25, -0.2) is 4.79 Å². The molecule has 0 aromatic heterocycles. The van der Waals surface area contributed by atoms with Gasteiger partial charge in [0.2, 0.25) is 0 Å². The lowest BCUT2D eigenvalue weighted by Gasteiger charge is -2.51. The first kappa shape index (κ1) is 18.5. The van der Waals surface area contributed by atoms with Gasteiger partial charge in [0.15, 0.2) is 0 Å². The molecule has 2 amide bonds. The number of hydrogen-bond acceptors (Lipinski definition) is 3. The van der Waals surface area contributed by atoms with Crippen LogP contribution in [0, 0.1) is 11.3 Å². The number of urea groups is 1. The number of hydrogen-bond donors (Lipinski definition) is 2. The highest BCUT2D eigenvalue weighted by Crippen LogP contribution is 2.44. The van der Waals surface area contributed by atoms with Crippen LogP contribution in [0.3, 0.4) is 0 Å². The number of nitrogens with zero attached hydrogens (tertiary/aromatic N) is 2. The quantitative estimate of drug-likeness (QED) is 0.851. The Morgan fingerprint density at radius 3 is 2.85 bits per heavy atom. The summed E-state index contributed by atoms with van der Waals surface area (Å²) in [5.74, 6) is -0.156. The lowest BCUT2D eigenvalue weighted by atomic mass is 9.73. The number of nitrogens with one attached hydrogen (secondary N) is 1. The average molecular weight is 353 g/mol. The largest absolute Gasteiger partial charge is 0.394 e. The van der Waals surface area contributed by atoms with E-state index < -0.39 is 6.04 Å². The maximum atomic E-state index is 12.4. The number of carbonyl (C=O) groups excluding carboxylic acids is 1. The number of likely N-dealkylation sites (tertiary alicyclic amines) is 1. The molecule has 0 saturated carbocycles. The summed E-state index contributed by atoms with van der Waals surface area (Å²) >= 11 is 0. The van der Waals surface area contributed by atoms with Gasteiger partial charge in [0.05, 0.1) is 18.7 Å². The molecular formula is C21H27N3O2. The van der Waals surface area contributed by atoms with Gasteiger partial charge in [-0.2, -0.15) is 5.26 Å². The third kappa shape index (κ3) is 3.34. The molecule has 0 unspecified atom stereocenters. The molecular weight excluding hydrogens is 326 g/mol. The van der Waals surface area contributed by atoms with Crippen LogP contribution in [0.2, 0.25) is 0 Å². The van der Waals surface area contributed by atoms with Crippen LogP contribution in [0.5, 0.6) is 0 Å². The zero-order valence-electron chi connectivity index (χ0n) is 15.3. The Hall–Kier alpha value is -2.32. The van der Waals surface area contributed by atoms with Gasteiger partial charge in [-0.3, -0.25) is 0 Å². The van der Waals surface area contributed by atoms with E-state index >= 15 is 0 Å². The predicted molar refractivity (Wildman–Crippen MR) is 101 cm³/mol. The molecule has 0 bridgehead atoms. The molecule has 1 aliphatic carbocycles. The minimum atomic E-state index is -0.547. The van der Waals surface area contributed by atoms with E-state index in [-0.39, 0.29) is 24.6 Å². The number of nitriles is 1. The molecule has 5 heteroatoms. The van der Waals surface area contributed by atoms with Gasteiger partial charge in [0.25, 0.3) is 0 Å². The highest BCUT2D eigenvalue weighted by Gasteiger charge is 2.52. The highest BCUT2D eigenvalue weighted by molar-refractivity contribution is 5.78. The Morgan fingerprint density at radius 2 is 2.19 bits per heavy atom. The molecule has 0 radical (unpaired) electrons. The van der Waals surface area contributed by atoms with E-state index in [1.54, 1.807) is 0 Å². The fourth-order valence-electron chi connectivity index (χ4n) is 4.15. The topological polar surface area (TPSA) is 76.4 Å². The smallest absolute Gasteiger partial charge is 0.318 e. The molecule has 138 valence electrons. The zero-order chi connectivity index (χ0) is 18.5. The number of allylic oxidation sites excluding steroid dienone is 2. The fraction of sp³-hybridized carbons (Fsp3) is 0.524. The molecule has 2 N–H and O–H groups in total. The van der Waals surface area contributed by atoms with Crippen molar-refractivity contribution in [2.24, 2.45) is 0 Å². The predicted octanol–water partition coefficient (Wildman–Crippen LogP) is 3.42. The molecule has 1 heterocycles. The highest BCUT2D eigenvalue weighted by atomic mass is 16.3. The van der Waals surface area contributed by atoms with Crippen molar-refractivity contribution < 1.29 is 9.90 Å². The number of aliphatic hydroxyl groups is 1. The van der Waals surface area contributed by atoms with Crippen molar-refractivity contribution in [1.82, 2.24) is 10.2 Å². The summed E-state index contributed by atoms with van der Waals surface area (Å²) in [6.45, 7) is 2.41. The standard InChI is InChI=1S/C21H27N3O2/c1-2-12-23-21(26)24-18(13-22)20(19(24)14-25)17-11-7-6-10-16(17)15-8-4-3-5-9-15/h6-8,10-11,18-20,25H,2-5,9,12,14H2,1H3,(H,23,26)/t18-,19+,20+/m0/s1. The minimum absolute atomic E-state index is 0.143. The van der Waals surface area contributed by atoms with Gasteiger partial charge in [-0.05, 0) is 48.8 Å². The molecule has 1 aromatic rings. The van der Waals surface area contributed by atoms with Crippen molar-refractivity contribution in [2.45, 2.75) is 57.0 Å². The van der Waals surface area contributed by atoms with Gasteiger partial charge in [-0.15, -0.1) is 0 Å². The third-order valence-corrected chi connectivity index (χ3v) is 5.45. The molecule has 2 aliphatic rings. The van der Waals surface area contributed by atoms with E-state index in [9.17, 15) is 15.2 Å². The van der Waals surface area contributed by atoms with Gasteiger partial charge < -0.3 is 15.3 Å². The fourth-order valence-corrected chi connectivity index (χ4v) is 4.15. The van der Waals surface area contributed by atoms with Gasteiger partial charge in [0, 0.05) is 12.5 Å². The first-order valence-electron chi connectivity index (χ1n) is 9.57. The summed E-state index contributed by atoms with van der Waals surface area (Å²) in [6.07, 6.45) is 7.67. The second kappa shape index (κ2) is 8.37. The van der Waals surface area contributed by atoms with E-state index in [1.807, 2.05) is 25.1 Å². The average Bonchev–Trinajstić information content (AvgIpc) is 2.67. The summed E-state index contributed by atoms with van der Waals surface area (Å²) in [5.41, 5.74) is 3.57. The van der Waals surface area contributed by atoms with Crippen molar-refractivity contribution in [2.75, 3.05) is 13.2 Å². The number of benzene rings is 1. The number of rotatable bonds is 5. The van der Waals surface area contributed by atoms with E-state index in [4.69, 9.17) is 0 Å². The molecule has 1 saturated heterocycles. The summed E-state index contributed by atoms with van der Waals surface area (Å²) in [4.78, 5) is 13.9. The molecule has 3 rings (SSSR count). The number of carbonyl (C=O) groups is 1. The molecule has 1 fully saturated rings. The van der Waals surface area contributed by atoms with E-state index in [1.165, 1.54) is 28.9 Å². The first-order chi connectivity index (χ1) is 12.7. The van der Waals surface area contributed by atoms with Crippen LogP contribution in [-0.2, 0) is 0 Å². The van der Waals surface area contributed by atoms with Gasteiger partial charge in [-0.1, -0.05) is 37.3 Å². The van der Waals surface area contributed by atoms with E-state index in [0.717, 1.165) is 24.8 Å². The maximum absolute atomic E-state index is 12.4. The molecule has 3 atom stereocenters. The Morgan fingerprint density at radius 1 is 1.38 bits per heavy atom. The summed E-state index contributed by atoms with van der Waals surface area (Å²) in [7, 11) is 0. The summed E-state index contributed by atoms with van der Waals surface area (Å²) in [6, 6.07) is 9.27.